The zero-order chi connectivity index (χ0) is 17.3. The summed E-state index contributed by atoms with van der Waals surface area (Å²) in [5.74, 6) is 0. The van der Waals surface area contributed by atoms with Crippen molar-refractivity contribution in [3.63, 3.8) is 0 Å². The fraction of sp³-hybridized carbons (Fsp3) is 0.474. The predicted molar refractivity (Wildman–Crippen MR) is 96.3 cm³/mol. The largest absolute Gasteiger partial charge is 0.444 e. The highest BCUT2D eigenvalue weighted by Gasteiger charge is 2.29. The number of fused-ring (bicyclic) bond motifs is 1. The zero-order valence-corrected chi connectivity index (χ0v) is 14.8. The molecule has 128 valence electrons. The fourth-order valence-corrected chi connectivity index (χ4v) is 2.94. The Bertz CT molecular complexity index is 752. The maximum Gasteiger partial charge on any atom is 0.410 e. The van der Waals surface area contributed by atoms with E-state index in [2.05, 4.69) is 22.4 Å². The SMILES string of the molecule is Cc1cnc2ccc(NC3CCN(C(=O)OC(C)(C)C)C3)cc2c1. The molecule has 1 aliphatic rings. The second kappa shape index (κ2) is 6.30. The Hall–Kier alpha value is -2.30. The van der Waals surface area contributed by atoms with E-state index in [-0.39, 0.29) is 12.1 Å². The molecule has 5 nitrogen and oxygen atoms in total. The predicted octanol–water partition coefficient (Wildman–Crippen LogP) is 3.96. The van der Waals surface area contributed by atoms with Crippen molar-refractivity contribution < 1.29 is 9.53 Å². The lowest BCUT2D eigenvalue weighted by atomic mass is 10.1. The molecule has 1 amide bonds. The summed E-state index contributed by atoms with van der Waals surface area (Å²) in [6, 6.07) is 8.56. The summed E-state index contributed by atoms with van der Waals surface area (Å²) in [7, 11) is 0. The molecule has 1 atom stereocenters. The van der Waals surface area contributed by atoms with Crippen molar-refractivity contribution in [1.29, 1.82) is 0 Å². The van der Waals surface area contributed by atoms with Gasteiger partial charge in [-0.1, -0.05) is 0 Å². The van der Waals surface area contributed by atoms with Crippen molar-refractivity contribution in [2.24, 2.45) is 0 Å². The number of nitrogens with zero attached hydrogens (tertiary/aromatic N) is 2. The number of benzene rings is 1. The Balaban J connectivity index is 1.64. The molecule has 1 aromatic carbocycles. The molecule has 1 aliphatic heterocycles. The molecule has 24 heavy (non-hydrogen) atoms. The number of likely N-dealkylation sites (tertiary alicyclic amines) is 1. The van der Waals surface area contributed by atoms with Crippen LogP contribution in [0.4, 0.5) is 10.5 Å². The van der Waals surface area contributed by atoms with Crippen molar-refractivity contribution in [3.8, 4) is 0 Å². The Morgan fingerprint density at radius 1 is 1.33 bits per heavy atom. The molecule has 2 heterocycles. The molecular formula is C19H25N3O2. The van der Waals surface area contributed by atoms with E-state index in [9.17, 15) is 4.79 Å². The van der Waals surface area contributed by atoms with Crippen LogP contribution in [0.3, 0.4) is 0 Å². The van der Waals surface area contributed by atoms with Crippen LogP contribution in [0.25, 0.3) is 10.9 Å². The van der Waals surface area contributed by atoms with Gasteiger partial charge in [0.25, 0.3) is 0 Å². The molecule has 1 saturated heterocycles. The van der Waals surface area contributed by atoms with E-state index < -0.39 is 5.60 Å². The number of amides is 1. The van der Waals surface area contributed by atoms with Gasteiger partial charge in [0.2, 0.25) is 0 Å². The van der Waals surface area contributed by atoms with Gasteiger partial charge in [0.1, 0.15) is 5.60 Å². The smallest absolute Gasteiger partial charge is 0.410 e. The number of ether oxygens (including phenoxy) is 1. The molecule has 1 fully saturated rings. The van der Waals surface area contributed by atoms with Crippen molar-refractivity contribution in [1.82, 2.24) is 9.88 Å². The highest BCUT2D eigenvalue weighted by Crippen LogP contribution is 2.22. The van der Waals surface area contributed by atoms with Crippen molar-refractivity contribution in [3.05, 3.63) is 36.0 Å². The van der Waals surface area contributed by atoms with Crippen LogP contribution in [-0.2, 0) is 4.74 Å². The maximum absolute atomic E-state index is 12.1. The number of aryl methyl sites for hydroxylation is 1. The average Bonchev–Trinajstić information content (AvgIpc) is 2.94. The van der Waals surface area contributed by atoms with Crippen molar-refractivity contribution >= 4 is 22.7 Å². The topological polar surface area (TPSA) is 54.5 Å². The van der Waals surface area contributed by atoms with Gasteiger partial charge in [-0.25, -0.2) is 4.79 Å². The van der Waals surface area contributed by atoms with Crippen LogP contribution in [0.2, 0.25) is 0 Å². The van der Waals surface area contributed by atoms with Gasteiger partial charge in [0, 0.05) is 36.4 Å². The summed E-state index contributed by atoms with van der Waals surface area (Å²) in [6.45, 7) is 9.10. The van der Waals surface area contributed by atoms with Crippen LogP contribution in [0.1, 0.15) is 32.8 Å². The third-order valence-electron chi connectivity index (χ3n) is 4.03. The maximum atomic E-state index is 12.1. The summed E-state index contributed by atoms with van der Waals surface area (Å²) in [5, 5.41) is 4.65. The highest BCUT2D eigenvalue weighted by atomic mass is 16.6. The van der Waals surface area contributed by atoms with Gasteiger partial charge < -0.3 is 15.0 Å². The zero-order valence-electron chi connectivity index (χ0n) is 14.8. The fourth-order valence-electron chi connectivity index (χ4n) is 2.94. The van der Waals surface area contributed by atoms with E-state index in [1.165, 1.54) is 0 Å². The molecular weight excluding hydrogens is 302 g/mol. The van der Waals surface area contributed by atoms with Gasteiger partial charge >= 0.3 is 6.09 Å². The Morgan fingerprint density at radius 3 is 2.88 bits per heavy atom. The second-order valence-electron chi connectivity index (χ2n) is 7.48. The van der Waals surface area contributed by atoms with E-state index in [1.54, 1.807) is 4.90 Å². The number of carbonyl (C=O) groups is 1. The van der Waals surface area contributed by atoms with Crippen LogP contribution >= 0.6 is 0 Å². The summed E-state index contributed by atoms with van der Waals surface area (Å²) in [5.41, 5.74) is 2.75. The normalized spacial score (nSPS) is 18.0. The van der Waals surface area contributed by atoms with Crippen molar-refractivity contribution in [2.45, 2.75) is 45.8 Å². The quantitative estimate of drug-likeness (QED) is 0.907. The number of hydrogen-bond donors (Lipinski definition) is 1. The molecule has 0 aliphatic carbocycles. The van der Waals surface area contributed by atoms with Gasteiger partial charge in [-0.3, -0.25) is 4.98 Å². The van der Waals surface area contributed by atoms with Gasteiger partial charge in [0.05, 0.1) is 5.52 Å². The molecule has 0 radical (unpaired) electrons. The van der Waals surface area contributed by atoms with E-state index in [4.69, 9.17) is 4.74 Å². The molecule has 1 N–H and O–H groups in total. The lowest BCUT2D eigenvalue weighted by molar-refractivity contribution is 0.0293. The van der Waals surface area contributed by atoms with Crippen LogP contribution < -0.4 is 5.32 Å². The number of aromatic nitrogens is 1. The molecule has 1 aromatic heterocycles. The van der Waals surface area contributed by atoms with Crippen LogP contribution in [0, 0.1) is 6.92 Å². The summed E-state index contributed by atoms with van der Waals surface area (Å²) >= 11 is 0. The van der Waals surface area contributed by atoms with E-state index in [1.807, 2.05) is 46.0 Å². The highest BCUT2D eigenvalue weighted by molar-refractivity contribution is 5.82. The Kier molecular flexibility index (Phi) is 4.35. The first kappa shape index (κ1) is 16.6. The van der Waals surface area contributed by atoms with Gasteiger partial charge in [-0.2, -0.15) is 0 Å². The first-order valence-corrected chi connectivity index (χ1v) is 8.41. The van der Waals surface area contributed by atoms with Crippen LogP contribution in [0.15, 0.2) is 30.5 Å². The second-order valence-corrected chi connectivity index (χ2v) is 7.48. The molecule has 2 aromatic rings. The monoisotopic (exact) mass is 327 g/mol. The van der Waals surface area contributed by atoms with E-state index >= 15 is 0 Å². The molecule has 0 spiro atoms. The molecule has 0 saturated carbocycles. The van der Waals surface area contributed by atoms with Crippen LogP contribution in [-0.4, -0.2) is 40.7 Å². The Morgan fingerprint density at radius 2 is 2.12 bits per heavy atom. The molecule has 1 unspecified atom stereocenters. The first-order chi connectivity index (χ1) is 11.3. The third-order valence-corrected chi connectivity index (χ3v) is 4.03. The minimum Gasteiger partial charge on any atom is -0.444 e. The number of nitrogens with one attached hydrogen (secondary N) is 1. The van der Waals surface area contributed by atoms with Gasteiger partial charge in [-0.05, 0) is 63.9 Å². The lowest BCUT2D eigenvalue weighted by Crippen LogP contribution is -2.36. The van der Waals surface area contributed by atoms with Gasteiger partial charge in [0.15, 0.2) is 0 Å². The molecule has 3 rings (SSSR count). The third kappa shape index (κ3) is 3.96. The first-order valence-electron chi connectivity index (χ1n) is 8.41. The summed E-state index contributed by atoms with van der Waals surface area (Å²) in [6.07, 6.45) is 2.57. The molecule has 5 heteroatoms. The minimum atomic E-state index is -0.453. The summed E-state index contributed by atoms with van der Waals surface area (Å²) < 4.78 is 5.44. The molecule has 0 bridgehead atoms. The number of hydrogen-bond acceptors (Lipinski definition) is 4. The lowest BCUT2D eigenvalue weighted by Gasteiger charge is -2.24. The minimum absolute atomic E-state index is 0.231. The van der Waals surface area contributed by atoms with Crippen molar-refractivity contribution in [2.75, 3.05) is 18.4 Å². The van der Waals surface area contributed by atoms with Gasteiger partial charge in [-0.15, -0.1) is 0 Å². The Labute approximate surface area is 143 Å². The van der Waals surface area contributed by atoms with E-state index in [0.717, 1.165) is 35.1 Å². The number of anilines is 1. The standard InChI is InChI=1S/C19H25N3O2/c1-13-9-14-10-15(5-6-17(14)20-11-13)21-16-7-8-22(12-16)18(23)24-19(2,3)4/h5-6,9-11,16,21H,7-8,12H2,1-4H3. The number of pyridine rings is 1. The van der Waals surface area contributed by atoms with E-state index in [0.29, 0.717) is 6.54 Å². The van der Waals surface area contributed by atoms with Crippen LogP contribution in [0.5, 0.6) is 0 Å². The number of rotatable bonds is 2. The summed E-state index contributed by atoms with van der Waals surface area (Å²) in [4.78, 5) is 18.3. The average molecular weight is 327 g/mol. The number of carbonyl (C=O) groups excluding carboxylic acids is 1.